The molecule has 5 nitrogen and oxygen atoms in total. The highest BCUT2D eigenvalue weighted by Crippen LogP contribution is 2.32. The molecule has 0 saturated heterocycles. The number of ether oxygens (including phenoxy) is 1. The van der Waals surface area contributed by atoms with Gasteiger partial charge in [-0.05, 0) is 23.8 Å². The van der Waals surface area contributed by atoms with Gasteiger partial charge in [0.1, 0.15) is 5.75 Å². The Kier molecular flexibility index (Phi) is 4.74. The number of aromatic nitrogens is 2. The average molecular weight is 386 g/mol. The maximum atomic E-state index is 12.3. The van der Waals surface area contributed by atoms with Crippen molar-refractivity contribution in [3.63, 3.8) is 0 Å². The summed E-state index contributed by atoms with van der Waals surface area (Å²) in [6.07, 6.45) is 1.21. The number of rotatable bonds is 5. The van der Waals surface area contributed by atoms with E-state index in [9.17, 15) is 4.79 Å². The van der Waals surface area contributed by atoms with Gasteiger partial charge in [-0.3, -0.25) is 4.79 Å². The zero-order valence-corrected chi connectivity index (χ0v) is 16.2. The number of nitrogens with zero attached hydrogens (tertiary/aromatic N) is 2. The van der Waals surface area contributed by atoms with Gasteiger partial charge >= 0.3 is 0 Å². The summed E-state index contributed by atoms with van der Waals surface area (Å²) >= 11 is 3.04. The summed E-state index contributed by atoms with van der Waals surface area (Å²) in [5.74, 6) is 1.26. The first-order valence-corrected chi connectivity index (χ1v) is 10.3. The first-order chi connectivity index (χ1) is 12.6. The van der Waals surface area contributed by atoms with E-state index in [1.54, 1.807) is 11.3 Å². The third-order valence-electron chi connectivity index (χ3n) is 4.14. The van der Waals surface area contributed by atoms with Gasteiger partial charge in [0.05, 0.1) is 29.4 Å². The smallest absolute Gasteiger partial charge is 0.232 e. The monoisotopic (exact) mass is 385 g/mol. The number of thiazole rings is 2. The summed E-state index contributed by atoms with van der Waals surface area (Å²) in [4.78, 5) is 21.3. The van der Waals surface area contributed by atoms with E-state index < -0.39 is 0 Å². The highest BCUT2D eigenvalue weighted by molar-refractivity contribution is 7.14. The Hall–Kier alpha value is -2.25. The van der Waals surface area contributed by atoms with Gasteiger partial charge in [0.25, 0.3) is 0 Å². The number of carbonyl (C=O) groups is 1. The van der Waals surface area contributed by atoms with Crippen LogP contribution in [0.4, 0.5) is 5.13 Å². The maximum absolute atomic E-state index is 12.3. The van der Waals surface area contributed by atoms with Crippen LogP contribution in [0.25, 0.3) is 11.3 Å². The Bertz CT molecular complexity index is 946. The Labute approximate surface area is 160 Å². The highest BCUT2D eigenvalue weighted by Gasteiger charge is 2.15. The Morgan fingerprint density at radius 3 is 2.96 bits per heavy atom. The van der Waals surface area contributed by atoms with Crippen molar-refractivity contribution in [2.24, 2.45) is 0 Å². The molecule has 0 bridgehead atoms. The summed E-state index contributed by atoms with van der Waals surface area (Å²) in [5.41, 5.74) is 3.94. The molecule has 0 spiro atoms. The van der Waals surface area contributed by atoms with E-state index in [1.807, 2.05) is 22.9 Å². The molecule has 3 aromatic rings. The second-order valence-corrected chi connectivity index (χ2v) is 8.26. The third-order valence-corrected chi connectivity index (χ3v) is 6.09. The number of hydrogen-bond acceptors (Lipinski definition) is 6. The Morgan fingerprint density at radius 2 is 2.15 bits per heavy atom. The number of carbonyl (C=O) groups excluding carboxylic acids is 1. The molecular formula is C19H19N3O2S2. The van der Waals surface area contributed by atoms with Gasteiger partial charge in [-0.2, -0.15) is 0 Å². The summed E-state index contributed by atoms with van der Waals surface area (Å²) < 4.78 is 5.54. The molecule has 1 aromatic carbocycles. The first kappa shape index (κ1) is 17.2. The maximum Gasteiger partial charge on any atom is 0.232 e. The minimum atomic E-state index is -0.0890. The number of amides is 1. The molecule has 3 heterocycles. The van der Waals surface area contributed by atoms with E-state index in [-0.39, 0.29) is 12.3 Å². The van der Waals surface area contributed by atoms with Crippen LogP contribution in [-0.4, -0.2) is 22.5 Å². The third kappa shape index (κ3) is 3.64. The second-order valence-electron chi connectivity index (χ2n) is 6.52. The molecule has 4 rings (SSSR count). The minimum Gasteiger partial charge on any atom is -0.493 e. The van der Waals surface area contributed by atoms with Gasteiger partial charge in [-0.25, -0.2) is 9.97 Å². The van der Waals surface area contributed by atoms with Crippen LogP contribution in [0, 0.1) is 0 Å². The molecule has 0 radical (unpaired) electrons. The van der Waals surface area contributed by atoms with Gasteiger partial charge in [-0.1, -0.05) is 13.8 Å². The fraction of sp³-hybridized carbons (Fsp3) is 0.316. The zero-order valence-electron chi connectivity index (χ0n) is 14.6. The van der Waals surface area contributed by atoms with Crippen LogP contribution in [0.15, 0.2) is 29.0 Å². The molecule has 1 aliphatic heterocycles. The van der Waals surface area contributed by atoms with E-state index in [2.05, 4.69) is 35.2 Å². The normalized spacial score (nSPS) is 12.9. The predicted molar refractivity (Wildman–Crippen MR) is 105 cm³/mol. The number of fused-ring (bicyclic) bond motifs is 1. The van der Waals surface area contributed by atoms with E-state index >= 15 is 0 Å². The SMILES string of the molecule is CC(C)c1nc(CC(=O)Nc2nc(-c3ccc4c(c3)CCO4)cs2)cs1. The molecule has 0 fully saturated rings. The van der Waals surface area contributed by atoms with Crippen LogP contribution in [0.2, 0.25) is 0 Å². The van der Waals surface area contributed by atoms with E-state index in [0.717, 1.165) is 40.7 Å². The first-order valence-electron chi connectivity index (χ1n) is 8.54. The van der Waals surface area contributed by atoms with Crippen LogP contribution in [0.5, 0.6) is 5.75 Å². The van der Waals surface area contributed by atoms with Crippen molar-refractivity contribution in [1.82, 2.24) is 9.97 Å². The molecule has 134 valence electrons. The van der Waals surface area contributed by atoms with E-state index in [0.29, 0.717) is 11.0 Å². The van der Waals surface area contributed by atoms with Gasteiger partial charge < -0.3 is 10.1 Å². The summed E-state index contributed by atoms with van der Waals surface area (Å²) in [5, 5.41) is 8.47. The van der Waals surface area contributed by atoms with Crippen LogP contribution in [0.3, 0.4) is 0 Å². The van der Waals surface area contributed by atoms with Crippen molar-refractivity contribution in [1.29, 1.82) is 0 Å². The number of hydrogen-bond donors (Lipinski definition) is 1. The van der Waals surface area contributed by atoms with Crippen LogP contribution in [-0.2, 0) is 17.6 Å². The lowest BCUT2D eigenvalue weighted by Crippen LogP contribution is -2.14. The van der Waals surface area contributed by atoms with Gasteiger partial charge in [-0.15, -0.1) is 22.7 Å². The lowest BCUT2D eigenvalue weighted by molar-refractivity contribution is -0.115. The Morgan fingerprint density at radius 1 is 1.27 bits per heavy atom. The van der Waals surface area contributed by atoms with Crippen LogP contribution >= 0.6 is 22.7 Å². The standard InChI is InChI=1S/C19H19N3O2S2/c1-11(2)18-20-14(9-25-18)8-17(23)22-19-21-15(10-26-19)12-3-4-16-13(7-12)5-6-24-16/h3-4,7,9-11H,5-6,8H2,1-2H3,(H,21,22,23). The fourth-order valence-corrected chi connectivity index (χ4v) is 4.38. The van der Waals surface area contributed by atoms with Crippen molar-refractivity contribution >= 4 is 33.7 Å². The highest BCUT2D eigenvalue weighted by atomic mass is 32.1. The molecule has 1 N–H and O–H groups in total. The second kappa shape index (κ2) is 7.17. The quantitative estimate of drug-likeness (QED) is 0.702. The molecule has 7 heteroatoms. The van der Waals surface area contributed by atoms with Crippen LogP contribution < -0.4 is 10.1 Å². The molecule has 1 aliphatic rings. The minimum absolute atomic E-state index is 0.0890. The molecule has 0 saturated carbocycles. The van der Waals surface area contributed by atoms with E-state index in [1.165, 1.54) is 16.9 Å². The average Bonchev–Trinajstić information content (AvgIpc) is 3.34. The summed E-state index contributed by atoms with van der Waals surface area (Å²) in [6, 6.07) is 6.11. The van der Waals surface area contributed by atoms with Crippen molar-refractivity contribution in [3.8, 4) is 17.0 Å². The molecule has 2 aromatic heterocycles. The summed E-state index contributed by atoms with van der Waals surface area (Å²) in [7, 11) is 0. The number of nitrogens with one attached hydrogen (secondary N) is 1. The Balaban J connectivity index is 1.42. The molecule has 0 unspecified atom stereocenters. The lowest BCUT2D eigenvalue weighted by Gasteiger charge is -2.02. The van der Waals surface area contributed by atoms with Crippen molar-refractivity contribution in [2.75, 3.05) is 11.9 Å². The zero-order chi connectivity index (χ0) is 18.1. The number of benzene rings is 1. The molecular weight excluding hydrogens is 366 g/mol. The van der Waals surface area contributed by atoms with Crippen molar-refractivity contribution in [3.05, 3.63) is 45.2 Å². The van der Waals surface area contributed by atoms with E-state index in [4.69, 9.17) is 4.74 Å². The molecule has 1 amide bonds. The largest absolute Gasteiger partial charge is 0.493 e. The summed E-state index contributed by atoms with van der Waals surface area (Å²) in [6.45, 7) is 4.95. The van der Waals surface area contributed by atoms with Crippen molar-refractivity contribution < 1.29 is 9.53 Å². The molecule has 26 heavy (non-hydrogen) atoms. The molecule has 0 atom stereocenters. The number of anilines is 1. The fourth-order valence-electron chi connectivity index (χ4n) is 2.81. The van der Waals surface area contributed by atoms with Gasteiger partial charge in [0, 0.05) is 28.7 Å². The van der Waals surface area contributed by atoms with Crippen LogP contribution in [0.1, 0.15) is 36.0 Å². The topological polar surface area (TPSA) is 64.1 Å². The van der Waals surface area contributed by atoms with Crippen molar-refractivity contribution in [2.45, 2.75) is 32.6 Å². The lowest BCUT2D eigenvalue weighted by atomic mass is 10.1. The van der Waals surface area contributed by atoms with Gasteiger partial charge in [0.2, 0.25) is 5.91 Å². The molecule has 0 aliphatic carbocycles. The van der Waals surface area contributed by atoms with Gasteiger partial charge in [0.15, 0.2) is 5.13 Å². The predicted octanol–water partition coefficient (Wildman–Crippen LogP) is 4.51.